The van der Waals surface area contributed by atoms with E-state index in [4.69, 9.17) is 4.74 Å². The Morgan fingerprint density at radius 1 is 1.30 bits per heavy atom. The van der Waals surface area contributed by atoms with E-state index in [1.165, 1.54) is 4.90 Å². The van der Waals surface area contributed by atoms with Crippen LogP contribution >= 0.6 is 0 Å². The molecule has 1 fully saturated rings. The largest absolute Gasteiger partial charge is 0.448 e. The quantitative estimate of drug-likeness (QED) is 0.869. The minimum Gasteiger partial charge on any atom is -0.448 e. The third-order valence-corrected chi connectivity index (χ3v) is 5.63. The lowest BCUT2D eigenvalue weighted by Crippen LogP contribution is -3.17. The van der Waals surface area contributed by atoms with Gasteiger partial charge in [-0.3, -0.25) is 4.79 Å². The fraction of sp³-hybridized carbons (Fsp3) is 0.650. The summed E-state index contributed by atoms with van der Waals surface area (Å²) in [6.45, 7) is 12.1. The van der Waals surface area contributed by atoms with Crippen LogP contribution in [0.1, 0.15) is 53.0 Å². The smallest absolute Gasteiger partial charge is 0.306 e. The Morgan fingerprint density at radius 3 is 2.43 bits per heavy atom. The molecule has 0 bridgehead atoms. The summed E-state index contributed by atoms with van der Waals surface area (Å²) in [6, 6.07) is 10.6. The maximum absolute atomic E-state index is 12.2. The standard InChI is InChI=1S/C20H31NO2/c1-7-18(22)23-20(16-11-9-8-10-12-16)13-17(19(3,4)5)14-21(6)15(20)2/h8-12,15,17H,7,13-14H2,1-6H3/p+1/t15-,17+,20-/m1/s1. The number of carbonyl (C=O) groups excluding carboxylic acids is 1. The first-order valence-corrected chi connectivity index (χ1v) is 8.80. The van der Waals surface area contributed by atoms with Crippen LogP contribution in [0.4, 0.5) is 0 Å². The number of quaternary nitrogens is 1. The molecule has 4 atom stereocenters. The molecule has 0 spiro atoms. The van der Waals surface area contributed by atoms with E-state index in [0.717, 1.165) is 18.5 Å². The predicted octanol–water partition coefficient (Wildman–Crippen LogP) is 2.80. The van der Waals surface area contributed by atoms with Gasteiger partial charge in [-0.1, -0.05) is 58.0 Å². The highest BCUT2D eigenvalue weighted by atomic mass is 16.6. The molecule has 0 saturated carbocycles. The molecule has 23 heavy (non-hydrogen) atoms. The van der Waals surface area contributed by atoms with Crippen molar-refractivity contribution in [2.24, 2.45) is 11.3 Å². The molecule has 128 valence electrons. The lowest BCUT2D eigenvalue weighted by Gasteiger charge is -2.50. The number of carbonyl (C=O) groups is 1. The van der Waals surface area contributed by atoms with E-state index in [2.05, 4.69) is 46.9 Å². The van der Waals surface area contributed by atoms with Gasteiger partial charge in [0.15, 0.2) is 5.60 Å². The summed E-state index contributed by atoms with van der Waals surface area (Å²) in [4.78, 5) is 13.7. The number of nitrogens with one attached hydrogen (secondary N) is 1. The molecule has 0 aromatic heterocycles. The zero-order valence-electron chi connectivity index (χ0n) is 15.5. The third kappa shape index (κ3) is 3.60. The van der Waals surface area contributed by atoms with Gasteiger partial charge in [0.2, 0.25) is 0 Å². The molecule has 1 aliphatic rings. The number of likely N-dealkylation sites (tertiary alicyclic amines) is 1. The third-order valence-electron chi connectivity index (χ3n) is 5.63. The van der Waals surface area contributed by atoms with Crippen molar-refractivity contribution in [2.45, 2.75) is 59.1 Å². The normalized spacial score (nSPS) is 31.7. The van der Waals surface area contributed by atoms with E-state index in [1.54, 1.807) is 0 Å². The Morgan fingerprint density at radius 2 is 1.91 bits per heavy atom. The summed E-state index contributed by atoms with van der Waals surface area (Å²) in [5.41, 5.74) is 0.789. The Hall–Kier alpha value is -1.35. The van der Waals surface area contributed by atoms with Crippen LogP contribution in [0.3, 0.4) is 0 Å². The van der Waals surface area contributed by atoms with E-state index in [0.29, 0.717) is 12.3 Å². The van der Waals surface area contributed by atoms with Gasteiger partial charge in [0.05, 0.1) is 13.6 Å². The second-order valence-electron chi connectivity index (χ2n) is 8.12. The number of benzene rings is 1. The predicted molar refractivity (Wildman–Crippen MR) is 93.3 cm³/mol. The van der Waals surface area contributed by atoms with Crippen LogP contribution in [0.5, 0.6) is 0 Å². The molecule has 0 amide bonds. The van der Waals surface area contributed by atoms with Crippen molar-refractivity contribution in [3.63, 3.8) is 0 Å². The van der Waals surface area contributed by atoms with Crippen LogP contribution in [0.25, 0.3) is 0 Å². The molecule has 0 radical (unpaired) electrons. The number of esters is 1. The lowest BCUT2D eigenvalue weighted by atomic mass is 9.67. The van der Waals surface area contributed by atoms with Gasteiger partial charge < -0.3 is 9.64 Å². The molecule has 2 rings (SSSR count). The molecule has 1 unspecified atom stereocenters. The molecule has 1 heterocycles. The summed E-state index contributed by atoms with van der Waals surface area (Å²) < 4.78 is 6.16. The second-order valence-corrected chi connectivity index (χ2v) is 8.12. The summed E-state index contributed by atoms with van der Waals surface area (Å²) in [7, 11) is 2.22. The second kappa shape index (κ2) is 6.64. The first kappa shape index (κ1) is 18.0. The van der Waals surface area contributed by atoms with E-state index in [1.807, 2.05) is 25.1 Å². The van der Waals surface area contributed by atoms with Gasteiger partial charge in [0, 0.05) is 24.3 Å². The van der Waals surface area contributed by atoms with E-state index >= 15 is 0 Å². The first-order valence-electron chi connectivity index (χ1n) is 8.80. The fourth-order valence-corrected chi connectivity index (χ4v) is 3.74. The molecular weight excluding hydrogens is 286 g/mol. The zero-order chi connectivity index (χ0) is 17.3. The molecule has 3 nitrogen and oxygen atoms in total. The van der Waals surface area contributed by atoms with E-state index in [-0.39, 0.29) is 17.4 Å². The van der Waals surface area contributed by atoms with Gasteiger partial charge >= 0.3 is 5.97 Å². The lowest BCUT2D eigenvalue weighted by molar-refractivity contribution is -0.924. The number of hydrogen-bond donors (Lipinski definition) is 1. The summed E-state index contributed by atoms with van der Waals surface area (Å²) in [5, 5.41) is 0. The van der Waals surface area contributed by atoms with Crippen LogP contribution in [-0.4, -0.2) is 25.6 Å². The molecule has 1 aromatic carbocycles. The SMILES string of the molecule is CCC(=O)O[C@]1(c2ccccc2)C[C@H](C(C)(C)C)C[NH+](C)[C@@H]1C. The Bertz CT molecular complexity index is 534. The van der Waals surface area contributed by atoms with Gasteiger partial charge in [0.1, 0.15) is 6.04 Å². The summed E-state index contributed by atoms with van der Waals surface area (Å²) in [6.07, 6.45) is 1.31. The molecule has 1 saturated heterocycles. The maximum atomic E-state index is 12.2. The highest BCUT2D eigenvalue weighted by molar-refractivity contribution is 5.69. The molecule has 1 aliphatic heterocycles. The molecule has 1 aromatic rings. The number of ether oxygens (including phenoxy) is 1. The van der Waals surface area contributed by atoms with Crippen molar-refractivity contribution in [2.75, 3.05) is 13.6 Å². The number of piperidine rings is 1. The highest BCUT2D eigenvalue weighted by Crippen LogP contribution is 2.43. The molecule has 3 heteroatoms. The summed E-state index contributed by atoms with van der Waals surface area (Å²) in [5.74, 6) is 0.395. The minimum absolute atomic E-state index is 0.108. The monoisotopic (exact) mass is 318 g/mol. The Balaban J connectivity index is 2.51. The number of rotatable bonds is 3. The minimum atomic E-state index is -0.533. The number of hydrogen-bond acceptors (Lipinski definition) is 2. The van der Waals surface area contributed by atoms with Crippen LogP contribution < -0.4 is 4.90 Å². The maximum Gasteiger partial charge on any atom is 0.306 e. The Labute approximate surface area is 141 Å². The topological polar surface area (TPSA) is 30.7 Å². The molecular formula is C20H32NO2+. The van der Waals surface area contributed by atoms with Crippen LogP contribution in [0, 0.1) is 11.3 Å². The zero-order valence-corrected chi connectivity index (χ0v) is 15.5. The fourth-order valence-electron chi connectivity index (χ4n) is 3.74. The van der Waals surface area contributed by atoms with Crippen LogP contribution in [0.15, 0.2) is 30.3 Å². The average molecular weight is 318 g/mol. The van der Waals surface area contributed by atoms with Gasteiger partial charge in [-0.2, -0.15) is 0 Å². The Kier molecular flexibility index (Phi) is 5.20. The van der Waals surface area contributed by atoms with Gasteiger partial charge in [-0.05, 0) is 12.3 Å². The van der Waals surface area contributed by atoms with Crippen molar-refractivity contribution in [1.29, 1.82) is 0 Å². The van der Waals surface area contributed by atoms with Gasteiger partial charge in [-0.15, -0.1) is 0 Å². The van der Waals surface area contributed by atoms with E-state index in [9.17, 15) is 4.79 Å². The highest BCUT2D eigenvalue weighted by Gasteiger charge is 2.53. The van der Waals surface area contributed by atoms with Crippen LogP contribution in [0.2, 0.25) is 0 Å². The molecule has 1 N–H and O–H groups in total. The van der Waals surface area contributed by atoms with Crippen LogP contribution in [-0.2, 0) is 15.1 Å². The first-order chi connectivity index (χ1) is 10.7. The van der Waals surface area contributed by atoms with Crippen molar-refractivity contribution >= 4 is 5.97 Å². The van der Waals surface area contributed by atoms with Crippen molar-refractivity contribution in [3.05, 3.63) is 35.9 Å². The van der Waals surface area contributed by atoms with Crippen molar-refractivity contribution < 1.29 is 14.4 Å². The summed E-state index contributed by atoms with van der Waals surface area (Å²) >= 11 is 0. The number of likely N-dealkylation sites (N-methyl/N-ethyl adjacent to an activating group) is 1. The van der Waals surface area contributed by atoms with Crippen molar-refractivity contribution in [3.8, 4) is 0 Å². The van der Waals surface area contributed by atoms with E-state index < -0.39 is 5.60 Å². The molecule has 0 aliphatic carbocycles. The van der Waals surface area contributed by atoms with Gasteiger partial charge in [-0.25, -0.2) is 0 Å². The average Bonchev–Trinajstić information content (AvgIpc) is 2.51. The van der Waals surface area contributed by atoms with Crippen molar-refractivity contribution in [1.82, 2.24) is 0 Å². The van der Waals surface area contributed by atoms with Gasteiger partial charge in [0.25, 0.3) is 0 Å².